The number of hydrogen-bond donors (Lipinski definition) is 1. The first kappa shape index (κ1) is 14.8. The number of carbonyl (C=O) groups is 2. The zero-order valence-electron chi connectivity index (χ0n) is 11.5. The van der Waals surface area contributed by atoms with E-state index in [1.807, 2.05) is 0 Å². The van der Waals surface area contributed by atoms with Crippen LogP contribution in [-0.2, 0) is 14.3 Å². The predicted molar refractivity (Wildman–Crippen MR) is 71.4 cm³/mol. The van der Waals surface area contributed by atoms with Crippen LogP contribution in [0, 0.1) is 5.92 Å². The number of carboxylic acids is 1. The van der Waals surface area contributed by atoms with Crippen molar-refractivity contribution in [2.75, 3.05) is 19.8 Å². The van der Waals surface area contributed by atoms with E-state index in [4.69, 9.17) is 9.47 Å². The first-order chi connectivity index (χ1) is 9.63. The van der Waals surface area contributed by atoms with Gasteiger partial charge < -0.3 is 19.5 Å². The molecule has 0 radical (unpaired) electrons. The van der Waals surface area contributed by atoms with Gasteiger partial charge in [-0.05, 0) is 25.7 Å². The Balaban J connectivity index is 2.06. The lowest BCUT2D eigenvalue weighted by atomic mass is 9.87. The van der Waals surface area contributed by atoms with Crippen molar-refractivity contribution in [3.63, 3.8) is 0 Å². The molecule has 2 aliphatic heterocycles. The van der Waals surface area contributed by atoms with E-state index in [0.29, 0.717) is 26.0 Å². The van der Waals surface area contributed by atoms with Crippen LogP contribution in [0.1, 0.15) is 25.7 Å². The molecule has 20 heavy (non-hydrogen) atoms. The average molecular weight is 283 g/mol. The molecule has 1 N–H and O–H groups in total. The molecule has 0 spiro atoms. The summed E-state index contributed by atoms with van der Waals surface area (Å²) in [5.41, 5.74) is 0. The number of nitrogens with zero attached hydrogens (tertiary/aromatic N) is 1. The van der Waals surface area contributed by atoms with Crippen molar-refractivity contribution in [2.24, 2.45) is 5.92 Å². The van der Waals surface area contributed by atoms with Crippen molar-refractivity contribution in [3.05, 3.63) is 12.7 Å². The van der Waals surface area contributed by atoms with Crippen LogP contribution >= 0.6 is 0 Å². The highest BCUT2D eigenvalue weighted by atomic mass is 16.6. The highest BCUT2D eigenvalue weighted by Crippen LogP contribution is 2.31. The average Bonchev–Trinajstić information content (AvgIpc) is 2.98. The molecule has 2 heterocycles. The Morgan fingerprint density at radius 3 is 2.85 bits per heavy atom. The zero-order valence-corrected chi connectivity index (χ0v) is 11.5. The lowest BCUT2D eigenvalue weighted by Crippen LogP contribution is -2.52. The number of ether oxygens (including phenoxy) is 2. The number of rotatable bonds is 4. The van der Waals surface area contributed by atoms with E-state index in [0.717, 1.165) is 12.8 Å². The SMILES string of the molecule is C=CCOC(=O)N1CCC(C(=O)O)CC1C1CCCO1. The molecule has 0 saturated carbocycles. The van der Waals surface area contributed by atoms with Gasteiger partial charge in [0, 0.05) is 13.2 Å². The topological polar surface area (TPSA) is 76.1 Å². The summed E-state index contributed by atoms with van der Waals surface area (Å²) in [4.78, 5) is 24.9. The predicted octanol–water partition coefficient (Wildman–Crippen LogP) is 1.65. The van der Waals surface area contributed by atoms with Crippen LogP contribution in [0.5, 0.6) is 0 Å². The summed E-state index contributed by atoms with van der Waals surface area (Å²) in [5, 5.41) is 9.18. The van der Waals surface area contributed by atoms with Gasteiger partial charge in [0.2, 0.25) is 0 Å². The molecule has 0 aliphatic carbocycles. The number of hydrogen-bond acceptors (Lipinski definition) is 4. The third-order valence-corrected chi connectivity index (χ3v) is 3.95. The zero-order chi connectivity index (χ0) is 14.5. The van der Waals surface area contributed by atoms with Crippen LogP contribution in [0.2, 0.25) is 0 Å². The van der Waals surface area contributed by atoms with Crippen molar-refractivity contribution in [3.8, 4) is 0 Å². The molecule has 0 aromatic heterocycles. The van der Waals surface area contributed by atoms with Gasteiger partial charge in [0.05, 0.1) is 18.1 Å². The van der Waals surface area contributed by atoms with Crippen molar-refractivity contribution in [1.82, 2.24) is 4.90 Å². The molecule has 0 aromatic carbocycles. The van der Waals surface area contributed by atoms with Crippen molar-refractivity contribution in [1.29, 1.82) is 0 Å². The summed E-state index contributed by atoms with van der Waals surface area (Å²) in [5.74, 6) is -1.21. The quantitative estimate of drug-likeness (QED) is 0.794. The second kappa shape index (κ2) is 6.74. The fourth-order valence-electron chi connectivity index (χ4n) is 2.92. The van der Waals surface area contributed by atoms with Crippen LogP contribution < -0.4 is 0 Å². The Kier molecular flexibility index (Phi) is 5.00. The van der Waals surface area contributed by atoms with E-state index in [1.54, 1.807) is 4.90 Å². The summed E-state index contributed by atoms with van der Waals surface area (Å²) in [7, 11) is 0. The largest absolute Gasteiger partial charge is 0.481 e. The third kappa shape index (κ3) is 3.30. The van der Waals surface area contributed by atoms with E-state index in [9.17, 15) is 14.7 Å². The van der Waals surface area contributed by atoms with Gasteiger partial charge in [-0.25, -0.2) is 4.79 Å². The van der Waals surface area contributed by atoms with Gasteiger partial charge in [-0.2, -0.15) is 0 Å². The van der Waals surface area contributed by atoms with E-state index < -0.39 is 18.0 Å². The highest BCUT2D eigenvalue weighted by Gasteiger charge is 2.41. The molecule has 1 amide bonds. The fraction of sp³-hybridized carbons (Fsp3) is 0.714. The van der Waals surface area contributed by atoms with Crippen molar-refractivity contribution in [2.45, 2.75) is 37.8 Å². The van der Waals surface area contributed by atoms with Gasteiger partial charge in [0.1, 0.15) is 6.61 Å². The molecule has 2 rings (SSSR count). The maximum Gasteiger partial charge on any atom is 0.410 e. The van der Waals surface area contributed by atoms with E-state index >= 15 is 0 Å². The minimum atomic E-state index is -0.799. The van der Waals surface area contributed by atoms with Crippen LogP contribution in [-0.4, -0.2) is 54.0 Å². The second-order valence-corrected chi connectivity index (χ2v) is 5.24. The molecule has 0 aromatic rings. The lowest BCUT2D eigenvalue weighted by molar-refractivity contribution is -0.144. The van der Waals surface area contributed by atoms with Crippen LogP contribution in [0.4, 0.5) is 4.79 Å². The second-order valence-electron chi connectivity index (χ2n) is 5.24. The van der Waals surface area contributed by atoms with Gasteiger partial charge >= 0.3 is 12.1 Å². The molecule has 2 saturated heterocycles. The minimum absolute atomic E-state index is 0.0755. The Morgan fingerprint density at radius 2 is 2.25 bits per heavy atom. The Labute approximate surface area is 118 Å². The molecule has 6 heteroatoms. The number of aliphatic carboxylic acids is 1. The van der Waals surface area contributed by atoms with Crippen LogP contribution in [0.3, 0.4) is 0 Å². The normalized spacial score (nSPS) is 30.0. The third-order valence-electron chi connectivity index (χ3n) is 3.95. The summed E-state index contributed by atoms with van der Waals surface area (Å²) in [6, 6.07) is -0.204. The maximum atomic E-state index is 12.1. The van der Waals surface area contributed by atoms with Gasteiger partial charge in [-0.1, -0.05) is 12.7 Å². The Hall–Kier alpha value is -1.56. The summed E-state index contributed by atoms with van der Waals surface area (Å²) < 4.78 is 10.7. The number of amides is 1. The smallest absolute Gasteiger partial charge is 0.410 e. The molecule has 2 fully saturated rings. The molecule has 6 nitrogen and oxygen atoms in total. The summed E-state index contributed by atoms with van der Waals surface area (Å²) >= 11 is 0. The highest BCUT2D eigenvalue weighted by molar-refractivity contribution is 5.72. The van der Waals surface area contributed by atoms with Gasteiger partial charge in [-0.3, -0.25) is 4.79 Å². The van der Waals surface area contributed by atoms with Crippen LogP contribution in [0.15, 0.2) is 12.7 Å². The number of carboxylic acid groups (broad SMARTS) is 1. The summed E-state index contributed by atoms with van der Waals surface area (Å²) in [6.45, 7) is 4.75. The van der Waals surface area contributed by atoms with E-state index in [2.05, 4.69) is 6.58 Å². The van der Waals surface area contributed by atoms with Crippen molar-refractivity contribution >= 4 is 12.1 Å². The molecule has 3 unspecified atom stereocenters. The first-order valence-electron chi connectivity index (χ1n) is 7.02. The van der Waals surface area contributed by atoms with E-state index in [-0.39, 0.29) is 18.8 Å². The fourth-order valence-corrected chi connectivity index (χ4v) is 2.92. The number of carbonyl (C=O) groups excluding carboxylic acids is 1. The van der Waals surface area contributed by atoms with E-state index in [1.165, 1.54) is 6.08 Å². The molecule has 0 bridgehead atoms. The van der Waals surface area contributed by atoms with Crippen LogP contribution in [0.25, 0.3) is 0 Å². The number of piperidine rings is 1. The number of likely N-dealkylation sites (tertiary alicyclic amines) is 1. The van der Waals surface area contributed by atoms with Gasteiger partial charge in [0.25, 0.3) is 0 Å². The minimum Gasteiger partial charge on any atom is -0.481 e. The van der Waals surface area contributed by atoms with Gasteiger partial charge in [0.15, 0.2) is 0 Å². The lowest BCUT2D eigenvalue weighted by Gasteiger charge is -2.40. The Morgan fingerprint density at radius 1 is 1.45 bits per heavy atom. The molecule has 2 aliphatic rings. The standard InChI is InChI=1S/C14H21NO5/c1-2-7-20-14(18)15-6-5-10(13(16)17)9-11(15)12-4-3-8-19-12/h2,10-12H,1,3-9H2,(H,16,17). The molecule has 112 valence electrons. The maximum absolute atomic E-state index is 12.1. The summed E-state index contributed by atoms with van der Waals surface area (Å²) in [6.07, 6.45) is 3.74. The molecule has 3 atom stereocenters. The van der Waals surface area contributed by atoms with Gasteiger partial charge in [-0.15, -0.1) is 0 Å². The molecular weight excluding hydrogens is 262 g/mol. The Bertz CT molecular complexity index is 378. The molecular formula is C14H21NO5. The first-order valence-corrected chi connectivity index (χ1v) is 7.02. The van der Waals surface area contributed by atoms with Crippen molar-refractivity contribution < 1.29 is 24.2 Å². The monoisotopic (exact) mass is 283 g/mol.